The first kappa shape index (κ1) is 18.1. The van der Waals surface area contributed by atoms with Gasteiger partial charge in [0.1, 0.15) is 12.1 Å². The monoisotopic (exact) mass is 352 g/mol. The fourth-order valence-corrected chi connectivity index (χ4v) is 3.54. The predicted molar refractivity (Wildman–Crippen MR) is 87.4 cm³/mol. The standard InChI is InChI=1S/C16H20N2O5S/c1-23-16(21)13(18-15(20)12-7-8-14(19)17-12)9-10-24(22)11-5-3-2-4-6-11/h2-6,12-13H,7-10H2,1H3,(H,17,19)(H,18,20)/t12-,13-,24+/m0/s1. The Hall–Kier alpha value is -2.22. The van der Waals surface area contributed by atoms with Gasteiger partial charge >= 0.3 is 5.97 Å². The quantitative estimate of drug-likeness (QED) is 0.679. The zero-order valence-corrected chi connectivity index (χ0v) is 14.1. The Kier molecular flexibility index (Phi) is 6.48. The molecule has 8 heteroatoms. The van der Waals surface area contributed by atoms with Crippen LogP contribution in [-0.4, -0.2) is 46.9 Å². The molecule has 1 aromatic carbocycles. The molecular weight excluding hydrogens is 332 g/mol. The number of rotatable bonds is 7. The summed E-state index contributed by atoms with van der Waals surface area (Å²) < 4.78 is 16.9. The molecule has 2 rings (SSSR count). The highest BCUT2D eigenvalue weighted by molar-refractivity contribution is 7.85. The number of esters is 1. The van der Waals surface area contributed by atoms with Crippen molar-refractivity contribution in [3.8, 4) is 0 Å². The molecule has 3 atom stereocenters. The van der Waals surface area contributed by atoms with E-state index in [1.807, 2.05) is 6.07 Å². The van der Waals surface area contributed by atoms with E-state index in [2.05, 4.69) is 10.6 Å². The molecule has 0 saturated carbocycles. The van der Waals surface area contributed by atoms with Crippen LogP contribution in [-0.2, 0) is 29.9 Å². The SMILES string of the molecule is COC(=O)[C@H](CC[S@@](=O)c1ccccc1)NC(=O)[C@@H]1CCC(=O)N1. The van der Waals surface area contributed by atoms with Gasteiger partial charge in [0.25, 0.3) is 0 Å². The van der Waals surface area contributed by atoms with Gasteiger partial charge in [0.2, 0.25) is 11.8 Å². The summed E-state index contributed by atoms with van der Waals surface area (Å²) in [6.45, 7) is 0. The largest absolute Gasteiger partial charge is 0.467 e. The summed E-state index contributed by atoms with van der Waals surface area (Å²) in [5.74, 6) is -1.00. The van der Waals surface area contributed by atoms with Gasteiger partial charge in [0.05, 0.1) is 17.9 Å². The summed E-state index contributed by atoms with van der Waals surface area (Å²) in [6.07, 6.45) is 0.869. The Labute approximate surface area is 142 Å². The van der Waals surface area contributed by atoms with Gasteiger partial charge < -0.3 is 15.4 Å². The number of hydrogen-bond acceptors (Lipinski definition) is 5. The third kappa shape index (κ3) is 4.89. The first-order valence-corrected chi connectivity index (χ1v) is 8.94. The molecule has 0 bridgehead atoms. The van der Waals surface area contributed by atoms with Crippen LogP contribution in [0.3, 0.4) is 0 Å². The second-order valence-corrected chi connectivity index (χ2v) is 6.97. The molecule has 0 aliphatic carbocycles. The van der Waals surface area contributed by atoms with Crippen LogP contribution < -0.4 is 10.6 Å². The van der Waals surface area contributed by atoms with Crippen LogP contribution in [0.25, 0.3) is 0 Å². The van der Waals surface area contributed by atoms with Crippen molar-refractivity contribution in [3.05, 3.63) is 30.3 Å². The summed E-state index contributed by atoms with van der Waals surface area (Å²) in [5, 5.41) is 5.12. The van der Waals surface area contributed by atoms with E-state index < -0.39 is 34.8 Å². The average molecular weight is 352 g/mol. The van der Waals surface area contributed by atoms with Crippen molar-refractivity contribution in [2.45, 2.75) is 36.2 Å². The maximum Gasteiger partial charge on any atom is 0.328 e. The topological polar surface area (TPSA) is 102 Å². The van der Waals surface area contributed by atoms with Gasteiger partial charge in [-0.3, -0.25) is 13.8 Å². The molecule has 0 radical (unpaired) electrons. The fraction of sp³-hybridized carbons (Fsp3) is 0.438. The molecule has 130 valence electrons. The highest BCUT2D eigenvalue weighted by Crippen LogP contribution is 2.10. The van der Waals surface area contributed by atoms with E-state index in [9.17, 15) is 18.6 Å². The number of hydrogen-bond donors (Lipinski definition) is 2. The lowest BCUT2D eigenvalue weighted by atomic mass is 10.1. The van der Waals surface area contributed by atoms with Crippen LogP contribution in [0.5, 0.6) is 0 Å². The molecule has 0 spiro atoms. The normalized spacial score (nSPS) is 19.2. The van der Waals surface area contributed by atoms with Gasteiger partial charge in [-0.1, -0.05) is 18.2 Å². The van der Waals surface area contributed by atoms with Crippen LogP contribution in [0.2, 0.25) is 0 Å². The van der Waals surface area contributed by atoms with Crippen molar-refractivity contribution in [1.29, 1.82) is 0 Å². The number of methoxy groups -OCH3 is 1. The van der Waals surface area contributed by atoms with Crippen LogP contribution >= 0.6 is 0 Å². The van der Waals surface area contributed by atoms with Crippen molar-refractivity contribution in [2.24, 2.45) is 0 Å². The first-order valence-electron chi connectivity index (χ1n) is 7.62. The summed E-state index contributed by atoms with van der Waals surface area (Å²) in [4.78, 5) is 35.8. The Bertz CT molecular complexity index is 635. The van der Waals surface area contributed by atoms with E-state index in [1.54, 1.807) is 24.3 Å². The van der Waals surface area contributed by atoms with E-state index in [4.69, 9.17) is 4.74 Å². The smallest absolute Gasteiger partial charge is 0.328 e. The molecule has 1 fully saturated rings. The Morgan fingerprint density at radius 2 is 2.08 bits per heavy atom. The van der Waals surface area contributed by atoms with Crippen LogP contribution in [0.4, 0.5) is 0 Å². The molecule has 1 aliphatic rings. The van der Waals surface area contributed by atoms with Crippen molar-refractivity contribution in [1.82, 2.24) is 10.6 Å². The molecule has 24 heavy (non-hydrogen) atoms. The van der Waals surface area contributed by atoms with Crippen molar-refractivity contribution in [2.75, 3.05) is 12.9 Å². The Balaban J connectivity index is 1.93. The van der Waals surface area contributed by atoms with Gasteiger partial charge in [-0.05, 0) is 25.0 Å². The van der Waals surface area contributed by atoms with E-state index in [0.29, 0.717) is 17.7 Å². The molecular formula is C16H20N2O5S. The number of carbonyl (C=O) groups excluding carboxylic acids is 3. The Morgan fingerprint density at radius 3 is 2.67 bits per heavy atom. The predicted octanol–water partition coefficient (Wildman–Crippen LogP) is 0.121. The molecule has 0 unspecified atom stereocenters. The highest BCUT2D eigenvalue weighted by atomic mass is 32.2. The molecule has 2 amide bonds. The lowest BCUT2D eigenvalue weighted by molar-refractivity contribution is -0.145. The van der Waals surface area contributed by atoms with E-state index in [0.717, 1.165) is 0 Å². The zero-order chi connectivity index (χ0) is 17.5. The van der Waals surface area contributed by atoms with Gasteiger partial charge in [-0.25, -0.2) is 4.79 Å². The molecule has 2 N–H and O–H groups in total. The minimum atomic E-state index is -1.27. The van der Waals surface area contributed by atoms with Crippen molar-refractivity contribution >= 4 is 28.6 Å². The third-order valence-corrected chi connectivity index (χ3v) is 5.12. The zero-order valence-electron chi connectivity index (χ0n) is 13.3. The van der Waals surface area contributed by atoms with Gasteiger partial charge in [0.15, 0.2) is 0 Å². The van der Waals surface area contributed by atoms with E-state index in [-0.39, 0.29) is 18.1 Å². The number of carbonyl (C=O) groups is 3. The first-order chi connectivity index (χ1) is 11.5. The summed E-state index contributed by atoms with van der Waals surface area (Å²) in [7, 11) is -0.0447. The van der Waals surface area contributed by atoms with Gasteiger partial charge in [-0.2, -0.15) is 0 Å². The minimum absolute atomic E-state index is 0.181. The van der Waals surface area contributed by atoms with Crippen LogP contribution in [0, 0.1) is 0 Å². The molecule has 1 aliphatic heterocycles. The number of ether oxygens (including phenoxy) is 1. The summed E-state index contributed by atoms with van der Waals surface area (Å²) >= 11 is 0. The second-order valence-electron chi connectivity index (χ2n) is 5.39. The maximum absolute atomic E-state index is 12.2. The van der Waals surface area contributed by atoms with Crippen LogP contribution in [0.15, 0.2) is 35.2 Å². The van der Waals surface area contributed by atoms with Crippen LogP contribution in [0.1, 0.15) is 19.3 Å². The summed E-state index contributed by atoms with van der Waals surface area (Å²) in [5.41, 5.74) is 0. The molecule has 1 heterocycles. The average Bonchev–Trinajstić information content (AvgIpc) is 3.04. The summed E-state index contributed by atoms with van der Waals surface area (Å²) in [6, 6.07) is 7.36. The number of amides is 2. The number of benzene rings is 1. The van der Waals surface area contributed by atoms with E-state index >= 15 is 0 Å². The molecule has 1 aromatic rings. The lowest BCUT2D eigenvalue weighted by Crippen LogP contribution is -2.49. The molecule has 0 aromatic heterocycles. The Morgan fingerprint density at radius 1 is 1.38 bits per heavy atom. The van der Waals surface area contributed by atoms with Crippen molar-refractivity contribution < 1.29 is 23.3 Å². The van der Waals surface area contributed by atoms with E-state index in [1.165, 1.54) is 7.11 Å². The molecule has 7 nitrogen and oxygen atoms in total. The number of nitrogens with one attached hydrogen (secondary N) is 2. The fourth-order valence-electron chi connectivity index (χ4n) is 2.39. The minimum Gasteiger partial charge on any atom is -0.467 e. The maximum atomic E-state index is 12.2. The third-order valence-electron chi connectivity index (χ3n) is 3.71. The second kappa shape index (κ2) is 8.58. The van der Waals surface area contributed by atoms with Crippen molar-refractivity contribution in [3.63, 3.8) is 0 Å². The van der Waals surface area contributed by atoms with Gasteiger partial charge in [0, 0.05) is 17.1 Å². The highest BCUT2D eigenvalue weighted by Gasteiger charge is 2.30. The molecule has 1 saturated heterocycles. The van der Waals surface area contributed by atoms with Gasteiger partial charge in [-0.15, -0.1) is 0 Å². The lowest BCUT2D eigenvalue weighted by Gasteiger charge is -2.18.